The summed E-state index contributed by atoms with van der Waals surface area (Å²) in [6.07, 6.45) is 12.1. The van der Waals surface area contributed by atoms with Gasteiger partial charge < -0.3 is 48.7 Å². The van der Waals surface area contributed by atoms with Gasteiger partial charge in [0.1, 0.15) is 34.2 Å². The summed E-state index contributed by atoms with van der Waals surface area (Å²) in [5.41, 5.74) is -0.806. The molecule has 0 aliphatic rings. The van der Waals surface area contributed by atoms with Gasteiger partial charge in [0.25, 0.3) is 0 Å². The molecule has 0 aliphatic carbocycles. The molecule has 302 valence electrons. The van der Waals surface area contributed by atoms with Crippen LogP contribution in [0.25, 0.3) is 0 Å². The Morgan fingerprint density at radius 3 is 1.06 bits per heavy atom. The molecule has 0 amide bonds. The molecule has 2 rings (SSSR count). The second kappa shape index (κ2) is 31.5. The molecule has 2 unspecified atom stereocenters. The van der Waals surface area contributed by atoms with Crippen molar-refractivity contribution in [2.45, 2.75) is 144 Å². The average molecular weight is 826 g/mol. The van der Waals surface area contributed by atoms with Crippen LogP contribution >= 0.6 is 0 Å². The minimum Gasteiger partial charge on any atom is -0.723 e. The minimum absolute atomic E-state index is 0. The Bertz CT molecular complexity index is 1080. The third kappa shape index (κ3) is 20.1. The van der Waals surface area contributed by atoms with Crippen molar-refractivity contribution >= 4 is 0 Å². The minimum atomic E-state index is -1.10. The van der Waals surface area contributed by atoms with Crippen molar-refractivity contribution < 1.29 is 74.9 Å². The molecular weight excluding hydrogens is 756 g/mol. The van der Waals surface area contributed by atoms with Crippen LogP contribution in [0.1, 0.15) is 144 Å². The van der Waals surface area contributed by atoms with Gasteiger partial charge >= 0.3 is 26.2 Å². The van der Waals surface area contributed by atoms with E-state index in [-0.39, 0.29) is 39.4 Å². The predicted octanol–water partition coefficient (Wildman–Crippen LogP) is 8.73. The van der Waals surface area contributed by atoms with Gasteiger partial charge in [-0.1, -0.05) is 80.1 Å². The predicted molar refractivity (Wildman–Crippen MR) is 203 cm³/mol. The molecular formula is C42H70O10Zr. The summed E-state index contributed by atoms with van der Waals surface area (Å²) in [6.45, 7) is 20.3. The zero-order valence-electron chi connectivity index (χ0n) is 34.2. The first-order valence-corrected chi connectivity index (χ1v) is 19.8. The van der Waals surface area contributed by atoms with Crippen LogP contribution in [0.5, 0.6) is 23.0 Å². The van der Waals surface area contributed by atoms with Crippen molar-refractivity contribution in [2.75, 3.05) is 52.9 Å². The third-order valence-electron chi connectivity index (χ3n) is 8.50. The van der Waals surface area contributed by atoms with E-state index in [0.29, 0.717) is 62.3 Å². The van der Waals surface area contributed by atoms with Crippen LogP contribution in [-0.4, -0.2) is 52.9 Å². The number of rotatable bonds is 30. The molecule has 0 spiro atoms. The van der Waals surface area contributed by atoms with Crippen molar-refractivity contribution in [3.63, 3.8) is 0 Å². The molecule has 0 saturated carbocycles. The molecule has 11 heteroatoms. The van der Waals surface area contributed by atoms with Crippen molar-refractivity contribution in [3.05, 3.63) is 47.5 Å². The van der Waals surface area contributed by atoms with Crippen molar-refractivity contribution in [3.8, 4) is 23.0 Å². The zero-order chi connectivity index (χ0) is 38.5. The first-order chi connectivity index (χ1) is 25.2. The standard InChI is InChI=1S/2C21H36O5.Zr/c2*1-5-8-13-23-17-21(4,26-22)19-12-11-18(24-14-9-6-2)16-20(19)25-15-10-7-3;/h2*11-12,16,22H,5-10,13-15,17H2,1-4H3;/q;;+2/p-2. The van der Waals surface area contributed by atoms with E-state index < -0.39 is 11.2 Å². The molecule has 0 fully saturated rings. The van der Waals surface area contributed by atoms with Crippen LogP contribution in [0.3, 0.4) is 0 Å². The zero-order valence-corrected chi connectivity index (χ0v) is 36.6. The molecule has 0 heterocycles. The first-order valence-electron chi connectivity index (χ1n) is 19.8. The SMILES string of the molecule is CCCCOCC(C)(O[O-])c1ccc(OCCCC)cc1OCCCC.CCCCOCC(C)(O[O-])c1ccc(OCCCC)cc1OCCCC.[Zr+2]. The van der Waals surface area contributed by atoms with Crippen molar-refractivity contribution in [1.82, 2.24) is 0 Å². The van der Waals surface area contributed by atoms with E-state index in [1.807, 2.05) is 36.4 Å². The summed E-state index contributed by atoms with van der Waals surface area (Å²) in [5, 5.41) is 23.1. The van der Waals surface area contributed by atoms with E-state index in [1.54, 1.807) is 13.8 Å². The van der Waals surface area contributed by atoms with Gasteiger partial charge in [0, 0.05) is 36.5 Å². The molecule has 53 heavy (non-hydrogen) atoms. The maximum absolute atomic E-state index is 11.5. The van der Waals surface area contributed by atoms with E-state index in [2.05, 4.69) is 51.3 Å². The van der Waals surface area contributed by atoms with Crippen LogP contribution in [0, 0.1) is 0 Å². The topological polar surface area (TPSA) is 120 Å². The summed E-state index contributed by atoms with van der Waals surface area (Å²) in [6, 6.07) is 11.1. The summed E-state index contributed by atoms with van der Waals surface area (Å²) in [4.78, 5) is 9.19. The summed E-state index contributed by atoms with van der Waals surface area (Å²) in [5.74, 6) is 2.75. The van der Waals surface area contributed by atoms with Gasteiger partial charge in [-0.25, -0.2) is 0 Å². The van der Waals surface area contributed by atoms with Gasteiger partial charge in [-0.05, 0) is 76.6 Å². The summed E-state index contributed by atoms with van der Waals surface area (Å²) in [7, 11) is 0. The van der Waals surface area contributed by atoms with E-state index in [4.69, 9.17) is 28.4 Å². The molecule has 2 atom stereocenters. The molecule has 0 N–H and O–H groups in total. The van der Waals surface area contributed by atoms with Gasteiger partial charge in [0.15, 0.2) is 0 Å². The van der Waals surface area contributed by atoms with E-state index in [0.717, 1.165) is 88.5 Å². The van der Waals surface area contributed by atoms with Crippen LogP contribution in [-0.2, 0) is 56.7 Å². The smallest absolute Gasteiger partial charge is 0.723 e. The largest absolute Gasteiger partial charge is 2.00 e. The van der Waals surface area contributed by atoms with Crippen molar-refractivity contribution in [1.29, 1.82) is 0 Å². The number of ether oxygens (including phenoxy) is 6. The number of benzene rings is 2. The van der Waals surface area contributed by atoms with E-state index >= 15 is 0 Å². The quantitative estimate of drug-likeness (QED) is 0.0430. The molecule has 10 nitrogen and oxygen atoms in total. The maximum Gasteiger partial charge on any atom is 2.00 e. The number of hydrogen-bond donors (Lipinski definition) is 0. The molecule has 0 aromatic heterocycles. The second-order valence-corrected chi connectivity index (χ2v) is 13.6. The summed E-state index contributed by atoms with van der Waals surface area (Å²) >= 11 is 0. The normalized spacial score (nSPS) is 13.2. The summed E-state index contributed by atoms with van der Waals surface area (Å²) < 4.78 is 34.8. The van der Waals surface area contributed by atoms with Gasteiger partial charge in [-0.2, -0.15) is 0 Å². The van der Waals surface area contributed by atoms with Crippen LogP contribution < -0.4 is 29.5 Å². The fraction of sp³-hybridized carbons (Fsp3) is 0.714. The van der Waals surface area contributed by atoms with E-state index in [9.17, 15) is 10.5 Å². The Hall–Kier alpha value is -1.72. The van der Waals surface area contributed by atoms with Crippen LogP contribution in [0.15, 0.2) is 36.4 Å². The molecule has 0 saturated heterocycles. The average Bonchev–Trinajstić information content (AvgIpc) is 3.16. The number of hydrogen-bond acceptors (Lipinski definition) is 10. The number of unbranched alkanes of at least 4 members (excludes halogenated alkanes) is 6. The Morgan fingerprint density at radius 2 is 0.755 bits per heavy atom. The fourth-order valence-corrected chi connectivity index (χ4v) is 4.94. The molecule has 0 aliphatic heterocycles. The maximum atomic E-state index is 11.5. The van der Waals surface area contributed by atoms with Gasteiger partial charge in [-0.3, -0.25) is 0 Å². The third-order valence-corrected chi connectivity index (χ3v) is 8.50. The van der Waals surface area contributed by atoms with Gasteiger partial charge in [0.2, 0.25) is 0 Å². The second-order valence-electron chi connectivity index (χ2n) is 13.6. The van der Waals surface area contributed by atoms with Crippen molar-refractivity contribution in [2.24, 2.45) is 0 Å². The van der Waals surface area contributed by atoms with E-state index in [1.165, 1.54) is 0 Å². The molecule has 2 aromatic carbocycles. The van der Waals surface area contributed by atoms with Gasteiger partial charge in [-0.15, -0.1) is 0 Å². The Morgan fingerprint density at radius 1 is 0.453 bits per heavy atom. The first kappa shape index (κ1) is 51.3. The Balaban J connectivity index is 0.00000100. The van der Waals surface area contributed by atoms with Crippen LogP contribution in [0.2, 0.25) is 0 Å². The monoisotopic (exact) mass is 824 g/mol. The molecule has 2 aromatic rings. The molecule has 0 bridgehead atoms. The Kier molecular flexibility index (Phi) is 30.5. The Labute approximate surface area is 340 Å². The van der Waals surface area contributed by atoms with Crippen LogP contribution in [0.4, 0.5) is 0 Å². The molecule has 0 radical (unpaired) electrons. The van der Waals surface area contributed by atoms with Gasteiger partial charge in [0.05, 0.1) is 39.6 Å². The fourth-order valence-electron chi connectivity index (χ4n) is 4.94.